The van der Waals surface area contributed by atoms with Crippen LogP contribution in [0.1, 0.15) is 51.7 Å². The predicted octanol–water partition coefficient (Wildman–Crippen LogP) is 5.57. The largest absolute Gasteiger partial charge is 0.462 e. The summed E-state index contributed by atoms with van der Waals surface area (Å²) in [6.45, 7) is 7.59. The van der Waals surface area contributed by atoms with Crippen LogP contribution < -0.4 is 0 Å². The summed E-state index contributed by atoms with van der Waals surface area (Å²) in [7, 11) is 0. The Kier molecular flexibility index (Phi) is 7.52. The van der Waals surface area contributed by atoms with Crippen molar-refractivity contribution in [1.82, 2.24) is 0 Å². The molecule has 0 saturated carbocycles. The van der Waals surface area contributed by atoms with Crippen LogP contribution in [0.4, 0.5) is 0 Å². The predicted molar refractivity (Wildman–Crippen MR) is 124 cm³/mol. The monoisotopic (exact) mass is 434 g/mol. The van der Waals surface area contributed by atoms with Gasteiger partial charge in [0.25, 0.3) is 0 Å². The smallest absolute Gasteiger partial charge is 0.367 e. The van der Waals surface area contributed by atoms with Gasteiger partial charge in [-0.2, -0.15) is 0 Å². The summed E-state index contributed by atoms with van der Waals surface area (Å²) in [5.74, 6) is -1.03. The number of allylic oxidation sites excluding steroid dienone is 2. The molecule has 0 radical (unpaired) electrons. The summed E-state index contributed by atoms with van der Waals surface area (Å²) in [6, 6.07) is 19.4. The molecule has 0 aliphatic carbocycles. The molecule has 32 heavy (non-hydrogen) atoms. The summed E-state index contributed by atoms with van der Waals surface area (Å²) in [4.78, 5) is 26.8. The Morgan fingerprint density at radius 1 is 0.750 bits per heavy atom. The van der Waals surface area contributed by atoms with Gasteiger partial charge in [-0.3, -0.25) is 0 Å². The summed E-state index contributed by atoms with van der Waals surface area (Å²) >= 11 is 0. The van der Waals surface area contributed by atoms with Crippen molar-refractivity contribution >= 4 is 23.3 Å². The molecule has 0 bridgehead atoms. The molecule has 5 heteroatoms. The minimum Gasteiger partial charge on any atom is -0.462 e. The van der Waals surface area contributed by atoms with E-state index in [2.05, 4.69) is 0 Å². The number of carbonyl (C=O) groups is 2. The highest BCUT2D eigenvalue weighted by Crippen LogP contribution is 2.48. The number of hydrogen-bond donors (Lipinski definition) is 0. The van der Waals surface area contributed by atoms with Gasteiger partial charge in [0.1, 0.15) is 5.76 Å². The van der Waals surface area contributed by atoms with Crippen molar-refractivity contribution in [2.45, 2.75) is 46.1 Å². The van der Waals surface area contributed by atoms with Gasteiger partial charge in [-0.25, -0.2) is 9.59 Å². The van der Waals surface area contributed by atoms with Crippen LogP contribution in [-0.2, 0) is 23.8 Å². The molecule has 0 fully saturated rings. The summed E-state index contributed by atoms with van der Waals surface area (Å²) < 4.78 is 17.2. The van der Waals surface area contributed by atoms with Crippen molar-refractivity contribution in [3.63, 3.8) is 0 Å². The highest BCUT2D eigenvalue weighted by atomic mass is 16.6. The fraction of sp³-hybridized carbons (Fsp3) is 0.333. The zero-order chi connectivity index (χ0) is 23.1. The molecular formula is C27H30O5. The van der Waals surface area contributed by atoms with Crippen LogP contribution in [0.15, 0.2) is 71.8 Å². The van der Waals surface area contributed by atoms with Gasteiger partial charge in [0.15, 0.2) is 0 Å². The number of benzene rings is 2. The van der Waals surface area contributed by atoms with Gasteiger partial charge in [-0.15, -0.1) is 0 Å². The molecule has 3 rings (SSSR count). The van der Waals surface area contributed by atoms with Crippen LogP contribution >= 0.6 is 0 Å². The Labute approximate surface area is 189 Å². The van der Waals surface area contributed by atoms with Crippen molar-refractivity contribution in [2.75, 3.05) is 13.2 Å². The highest BCUT2D eigenvalue weighted by molar-refractivity contribution is 6.12. The summed E-state index contributed by atoms with van der Waals surface area (Å²) in [5.41, 5.74) is 2.09. The maximum absolute atomic E-state index is 13.4. The van der Waals surface area contributed by atoms with Crippen LogP contribution in [0.25, 0.3) is 11.3 Å². The van der Waals surface area contributed by atoms with Gasteiger partial charge >= 0.3 is 17.5 Å². The Morgan fingerprint density at radius 2 is 1.25 bits per heavy atom. The van der Waals surface area contributed by atoms with E-state index >= 15 is 0 Å². The van der Waals surface area contributed by atoms with Crippen LogP contribution in [-0.4, -0.2) is 30.8 Å². The molecule has 0 unspecified atom stereocenters. The molecule has 0 amide bonds. The molecule has 168 valence electrons. The lowest BCUT2D eigenvalue weighted by molar-refractivity contribution is -0.178. The molecule has 0 N–H and O–H groups in total. The fourth-order valence-corrected chi connectivity index (χ4v) is 4.20. The molecule has 2 aromatic carbocycles. The minimum absolute atomic E-state index is 0.123. The van der Waals surface area contributed by atoms with E-state index in [0.29, 0.717) is 24.2 Å². The van der Waals surface area contributed by atoms with E-state index in [1.807, 2.05) is 74.5 Å². The number of carbonyl (C=O) groups excluding carboxylic acids is 2. The van der Waals surface area contributed by atoms with Gasteiger partial charge in [0, 0.05) is 11.1 Å². The second-order valence-corrected chi connectivity index (χ2v) is 7.32. The van der Waals surface area contributed by atoms with Gasteiger partial charge in [-0.1, -0.05) is 74.5 Å². The van der Waals surface area contributed by atoms with Crippen molar-refractivity contribution in [3.05, 3.63) is 82.9 Å². The van der Waals surface area contributed by atoms with E-state index in [4.69, 9.17) is 14.2 Å². The molecule has 1 aliphatic rings. The zero-order valence-electron chi connectivity index (χ0n) is 19.1. The quantitative estimate of drug-likeness (QED) is 0.402. The average Bonchev–Trinajstić information content (AvgIpc) is 2.83. The van der Waals surface area contributed by atoms with Crippen molar-refractivity contribution in [2.24, 2.45) is 0 Å². The van der Waals surface area contributed by atoms with Gasteiger partial charge in [-0.05, 0) is 43.4 Å². The Balaban J connectivity index is 2.40. The Morgan fingerprint density at radius 3 is 1.69 bits per heavy atom. The lowest BCUT2D eigenvalue weighted by Gasteiger charge is -2.39. The first kappa shape index (κ1) is 23.3. The van der Waals surface area contributed by atoms with Crippen LogP contribution in [0.3, 0.4) is 0 Å². The summed E-state index contributed by atoms with van der Waals surface area (Å²) in [5, 5.41) is 0. The molecular weight excluding hydrogens is 404 g/mol. The third-order valence-corrected chi connectivity index (χ3v) is 5.50. The summed E-state index contributed by atoms with van der Waals surface area (Å²) in [6.07, 6.45) is 1.03. The average molecular weight is 435 g/mol. The fourth-order valence-electron chi connectivity index (χ4n) is 4.20. The van der Waals surface area contributed by atoms with Crippen LogP contribution in [0, 0.1) is 0 Å². The molecule has 0 aromatic heterocycles. The highest BCUT2D eigenvalue weighted by Gasteiger charge is 2.58. The van der Waals surface area contributed by atoms with Crippen molar-refractivity contribution in [3.8, 4) is 0 Å². The van der Waals surface area contributed by atoms with Gasteiger partial charge < -0.3 is 14.2 Å². The van der Waals surface area contributed by atoms with Crippen molar-refractivity contribution in [1.29, 1.82) is 0 Å². The molecule has 1 aliphatic heterocycles. The van der Waals surface area contributed by atoms with Gasteiger partial charge in [0.05, 0.1) is 13.2 Å². The standard InChI is InChI=1S/C27H30O5/c1-5-21-22(6-2)27(25(28)30-7-3,26(29)31-8-4)32-24(20-17-13-10-14-18-20)23(21)19-15-11-9-12-16-19/h9-18H,5-8H2,1-4H3. The molecule has 0 atom stereocenters. The normalized spacial score (nSPS) is 15.2. The lowest BCUT2D eigenvalue weighted by atomic mass is 9.78. The number of hydrogen-bond acceptors (Lipinski definition) is 5. The maximum Gasteiger partial charge on any atom is 0.367 e. The second kappa shape index (κ2) is 10.3. The van der Waals surface area contributed by atoms with E-state index < -0.39 is 17.5 Å². The van der Waals surface area contributed by atoms with Crippen LogP contribution in [0.2, 0.25) is 0 Å². The van der Waals surface area contributed by atoms with Crippen LogP contribution in [0.5, 0.6) is 0 Å². The van der Waals surface area contributed by atoms with Crippen molar-refractivity contribution < 1.29 is 23.8 Å². The first-order valence-corrected chi connectivity index (χ1v) is 11.2. The molecule has 5 nitrogen and oxygen atoms in total. The van der Waals surface area contributed by atoms with E-state index in [-0.39, 0.29) is 13.2 Å². The zero-order valence-corrected chi connectivity index (χ0v) is 19.1. The van der Waals surface area contributed by atoms with Gasteiger partial charge in [0.2, 0.25) is 0 Å². The Hall–Kier alpha value is -3.34. The first-order valence-electron chi connectivity index (χ1n) is 11.2. The molecule has 0 spiro atoms. The molecule has 1 heterocycles. The number of ether oxygens (including phenoxy) is 3. The SMILES string of the molecule is CCOC(=O)C1(C(=O)OCC)OC(c2ccccc2)=C(c2ccccc2)C(CC)=C1CC. The third-order valence-electron chi connectivity index (χ3n) is 5.50. The van der Waals surface area contributed by atoms with E-state index in [1.165, 1.54) is 0 Å². The van der Waals surface area contributed by atoms with E-state index in [0.717, 1.165) is 22.3 Å². The molecule has 2 aromatic rings. The maximum atomic E-state index is 13.4. The third kappa shape index (κ3) is 4.07. The minimum atomic E-state index is -1.98. The Bertz CT molecular complexity index is 1000. The molecule has 0 saturated heterocycles. The van der Waals surface area contributed by atoms with E-state index in [1.54, 1.807) is 13.8 Å². The number of rotatable bonds is 8. The van der Waals surface area contributed by atoms with E-state index in [9.17, 15) is 9.59 Å². The topological polar surface area (TPSA) is 61.8 Å². The second-order valence-electron chi connectivity index (χ2n) is 7.32. The lowest BCUT2D eigenvalue weighted by Crippen LogP contribution is -2.54. The first-order chi connectivity index (χ1) is 15.5. The number of esters is 2.